The van der Waals surface area contributed by atoms with Gasteiger partial charge in [-0.15, -0.1) is 11.3 Å². The minimum atomic E-state index is 0.881. The van der Waals surface area contributed by atoms with Gasteiger partial charge in [-0.05, 0) is 23.8 Å². The molecule has 0 amide bonds. The van der Waals surface area contributed by atoms with Gasteiger partial charge in [-0.1, -0.05) is 30.3 Å². The van der Waals surface area contributed by atoms with Crippen LogP contribution >= 0.6 is 11.3 Å². The van der Waals surface area contributed by atoms with Crippen LogP contribution in [0.3, 0.4) is 0 Å². The number of H-pyrrole nitrogens is 1. The monoisotopic (exact) mass is 292 g/mol. The molecular formula is C17H12N2OS. The van der Waals surface area contributed by atoms with E-state index < -0.39 is 0 Å². The fourth-order valence-electron chi connectivity index (χ4n) is 2.44. The molecule has 0 spiro atoms. The Balaban J connectivity index is 1.97. The lowest BCUT2D eigenvalue weighted by atomic mass is 10.00. The summed E-state index contributed by atoms with van der Waals surface area (Å²) in [6.45, 7) is 0. The summed E-state index contributed by atoms with van der Waals surface area (Å²) in [5, 5.41) is 9.32. The van der Waals surface area contributed by atoms with Crippen molar-refractivity contribution in [2.24, 2.45) is 0 Å². The molecule has 0 fully saturated rings. The highest BCUT2D eigenvalue weighted by atomic mass is 32.1. The van der Waals surface area contributed by atoms with Crippen molar-refractivity contribution in [3.63, 3.8) is 0 Å². The second-order valence-corrected chi connectivity index (χ2v) is 5.55. The molecule has 0 atom stereocenters. The first-order chi connectivity index (χ1) is 10.4. The van der Waals surface area contributed by atoms with Crippen LogP contribution in [0, 0.1) is 0 Å². The Kier molecular flexibility index (Phi) is 2.94. The first kappa shape index (κ1) is 12.2. The lowest BCUT2D eigenvalue weighted by Gasteiger charge is -2.05. The van der Waals surface area contributed by atoms with E-state index in [1.165, 1.54) is 11.1 Å². The number of aromatic nitrogens is 2. The van der Waals surface area contributed by atoms with E-state index in [4.69, 9.17) is 4.42 Å². The quantitative estimate of drug-likeness (QED) is 0.573. The number of thiophene rings is 1. The maximum absolute atomic E-state index is 5.58. The molecule has 4 rings (SSSR count). The van der Waals surface area contributed by atoms with Crippen molar-refractivity contribution < 1.29 is 4.42 Å². The molecule has 102 valence electrons. The smallest absolute Gasteiger partial charge is 0.144 e. The van der Waals surface area contributed by atoms with Crippen molar-refractivity contribution in [1.29, 1.82) is 0 Å². The molecule has 0 saturated heterocycles. The van der Waals surface area contributed by atoms with E-state index in [1.807, 2.05) is 24.3 Å². The molecule has 4 aromatic rings. The van der Waals surface area contributed by atoms with Crippen LogP contribution in [-0.2, 0) is 0 Å². The molecule has 0 bridgehead atoms. The number of nitrogens with one attached hydrogen (secondary N) is 1. The average molecular weight is 292 g/mol. The first-order valence-electron chi connectivity index (χ1n) is 6.64. The molecule has 0 aliphatic carbocycles. The van der Waals surface area contributed by atoms with Gasteiger partial charge in [-0.3, -0.25) is 5.10 Å². The third-order valence-electron chi connectivity index (χ3n) is 3.39. The van der Waals surface area contributed by atoms with E-state index in [-0.39, 0.29) is 0 Å². The predicted molar refractivity (Wildman–Crippen MR) is 85.0 cm³/mol. The summed E-state index contributed by atoms with van der Waals surface area (Å²) < 4.78 is 5.58. The minimum Gasteiger partial charge on any atom is -0.463 e. The maximum atomic E-state index is 5.58. The van der Waals surface area contributed by atoms with Crippen molar-refractivity contribution in [3.05, 3.63) is 66.4 Å². The highest BCUT2D eigenvalue weighted by Crippen LogP contribution is 2.44. The number of furan rings is 1. The van der Waals surface area contributed by atoms with E-state index in [1.54, 1.807) is 23.8 Å². The van der Waals surface area contributed by atoms with Crippen LogP contribution in [0.4, 0.5) is 0 Å². The topological polar surface area (TPSA) is 41.8 Å². The summed E-state index contributed by atoms with van der Waals surface area (Å²) in [6.07, 6.45) is 3.47. The molecule has 0 radical (unpaired) electrons. The molecule has 0 aliphatic rings. The summed E-state index contributed by atoms with van der Waals surface area (Å²) in [6, 6.07) is 16.3. The van der Waals surface area contributed by atoms with Gasteiger partial charge in [0.15, 0.2) is 0 Å². The van der Waals surface area contributed by atoms with Crippen molar-refractivity contribution in [1.82, 2.24) is 10.2 Å². The van der Waals surface area contributed by atoms with Crippen molar-refractivity contribution in [3.8, 4) is 33.0 Å². The molecule has 1 N–H and O–H groups in total. The second kappa shape index (κ2) is 5.07. The summed E-state index contributed by atoms with van der Waals surface area (Å²) in [4.78, 5) is 1.11. The number of hydrogen-bond acceptors (Lipinski definition) is 3. The van der Waals surface area contributed by atoms with Gasteiger partial charge in [0, 0.05) is 22.7 Å². The normalized spacial score (nSPS) is 10.9. The summed E-state index contributed by atoms with van der Waals surface area (Å²) in [5.41, 5.74) is 4.52. The Bertz CT molecular complexity index is 830. The number of benzene rings is 1. The van der Waals surface area contributed by atoms with Crippen LogP contribution in [0.1, 0.15) is 0 Å². The molecule has 3 aromatic heterocycles. The highest BCUT2D eigenvalue weighted by Gasteiger charge is 2.18. The van der Waals surface area contributed by atoms with Gasteiger partial charge in [-0.25, -0.2) is 0 Å². The number of nitrogens with zero attached hydrogens (tertiary/aromatic N) is 1. The van der Waals surface area contributed by atoms with Crippen LogP contribution in [0.2, 0.25) is 0 Å². The van der Waals surface area contributed by atoms with Gasteiger partial charge in [0.1, 0.15) is 5.76 Å². The van der Waals surface area contributed by atoms with Gasteiger partial charge in [-0.2, -0.15) is 5.10 Å². The predicted octanol–water partition coefficient (Wildman–Crippen LogP) is 5.07. The Morgan fingerprint density at radius 3 is 2.62 bits per heavy atom. The second-order valence-electron chi connectivity index (χ2n) is 4.67. The van der Waals surface area contributed by atoms with Crippen LogP contribution < -0.4 is 0 Å². The highest BCUT2D eigenvalue weighted by molar-refractivity contribution is 7.14. The zero-order valence-corrected chi connectivity index (χ0v) is 11.9. The van der Waals surface area contributed by atoms with Gasteiger partial charge in [0.2, 0.25) is 0 Å². The zero-order chi connectivity index (χ0) is 14.1. The van der Waals surface area contributed by atoms with Gasteiger partial charge < -0.3 is 4.42 Å². The van der Waals surface area contributed by atoms with Crippen molar-refractivity contribution in [2.75, 3.05) is 0 Å². The summed E-state index contributed by atoms with van der Waals surface area (Å²) >= 11 is 1.69. The Morgan fingerprint density at radius 2 is 1.90 bits per heavy atom. The SMILES string of the molecule is c1ccc(-c2csc(-c3ccco3)c2-c2ccn[nH]2)cc1. The van der Waals surface area contributed by atoms with E-state index in [0.29, 0.717) is 0 Å². The molecule has 3 nitrogen and oxygen atoms in total. The minimum absolute atomic E-state index is 0.881. The first-order valence-corrected chi connectivity index (χ1v) is 7.52. The molecular weight excluding hydrogens is 280 g/mol. The number of aromatic amines is 1. The standard InChI is InChI=1S/C17H12N2OS/c1-2-5-12(6-3-1)13-11-21-17(15-7-4-10-20-15)16(13)14-8-9-18-19-14/h1-11H,(H,18,19). The fraction of sp³-hybridized carbons (Fsp3) is 0. The fourth-order valence-corrected chi connectivity index (χ4v) is 3.50. The van der Waals surface area contributed by atoms with E-state index in [9.17, 15) is 0 Å². The van der Waals surface area contributed by atoms with Crippen LogP contribution in [0.5, 0.6) is 0 Å². The third kappa shape index (κ3) is 2.10. The van der Waals surface area contributed by atoms with Gasteiger partial charge in [0.05, 0.1) is 16.8 Å². The lowest BCUT2D eigenvalue weighted by molar-refractivity contribution is 0.584. The zero-order valence-electron chi connectivity index (χ0n) is 11.1. The van der Waals surface area contributed by atoms with Crippen LogP contribution in [-0.4, -0.2) is 10.2 Å². The van der Waals surface area contributed by atoms with Crippen LogP contribution in [0.15, 0.2) is 70.8 Å². The molecule has 4 heteroatoms. The third-order valence-corrected chi connectivity index (χ3v) is 4.39. The van der Waals surface area contributed by atoms with Crippen molar-refractivity contribution in [2.45, 2.75) is 0 Å². The Labute approximate surface area is 125 Å². The summed E-state index contributed by atoms with van der Waals surface area (Å²) in [5.74, 6) is 0.881. The van der Waals surface area contributed by atoms with E-state index >= 15 is 0 Å². The van der Waals surface area contributed by atoms with Crippen molar-refractivity contribution >= 4 is 11.3 Å². The maximum Gasteiger partial charge on any atom is 0.144 e. The molecule has 0 saturated carbocycles. The van der Waals surface area contributed by atoms with E-state index in [2.05, 4.69) is 39.8 Å². The summed E-state index contributed by atoms with van der Waals surface area (Å²) in [7, 11) is 0. The number of hydrogen-bond donors (Lipinski definition) is 1. The van der Waals surface area contributed by atoms with Gasteiger partial charge >= 0.3 is 0 Å². The average Bonchev–Trinajstić information content (AvgIpc) is 3.27. The van der Waals surface area contributed by atoms with Crippen LogP contribution in [0.25, 0.3) is 33.0 Å². The largest absolute Gasteiger partial charge is 0.463 e. The lowest BCUT2D eigenvalue weighted by Crippen LogP contribution is -1.83. The molecule has 0 aliphatic heterocycles. The Hall–Kier alpha value is -2.59. The molecule has 3 heterocycles. The molecule has 1 aromatic carbocycles. The Morgan fingerprint density at radius 1 is 1.00 bits per heavy atom. The molecule has 21 heavy (non-hydrogen) atoms. The van der Waals surface area contributed by atoms with Gasteiger partial charge in [0.25, 0.3) is 0 Å². The number of rotatable bonds is 3. The molecule has 0 unspecified atom stereocenters. The van der Waals surface area contributed by atoms with E-state index in [0.717, 1.165) is 21.9 Å².